The van der Waals surface area contributed by atoms with Gasteiger partial charge in [-0.15, -0.1) is 0 Å². The molecule has 1 aromatic carbocycles. The Balaban J connectivity index is 2.28. The van der Waals surface area contributed by atoms with Gasteiger partial charge in [0.05, 0.1) is 16.3 Å². The Kier molecular flexibility index (Phi) is 3.79. The molecule has 0 fully saturated rings. The summed E-state index contributed by atoms with van der Waals surface area (Å²) in [7, 11) is 0. The summed E-state index contributed by atoms with van der Waals surface area (Å²) in [5, 5.41) is 2.48. The quantitative estimate of drug-likeness (QED) is 0.853. The van der Waals surface area contributed by atoms with Crippen LogP contribution in [0.5, 0.6) is 0 Å². The third kappa shape index (κ3) is 2.60. The minimum absolute atomic E-state index is 0.111. The fourth-order valence-corrected chi connectivity index (χ4v) is 1.69. The monoisotopic (exact) mass is 284 g/mol. The van der Waals surface area contributed by atoms with Gasteiger partial charge in [-0.1, -0.05) is 29.3 Å². The van der Waals surface area contributed by atoms with E-state index in [0.29, 0.717) is 5.69 Å². The number of anilines is 1. The van der Waals surface area contributed by atoms with Gasteiger partial charge in [-0.3, -0.25) is 4.79 Å². The predicted octanol–water partition coefficient (Wildman–Crippen LogP) is 3.78. The average Bonchev–Trinajstić information content (AvgIpc) is 2.35. The van der Waals surface area contributed by atoms with Crippen LogP contribution in [0.1, 0.15) is 10.4 Å². The van der Waals surface area contributed by atoms with E-state index in [1.807, 2.05) is 0 Å². The van der Waals surface area contributed by atoms with E-state index in [1.54, 1.807) is 12.1 Å². The van der Waals surface area contributed by atoms with E-state index < -0.39 is 11.7 Å². The number of pyridine rings is 1. The smallest absolute Gasteiger partial charge is 0.258 e. The Morgan fingerprint density at radius 2 is 2.00 bits per heavy atom. The summed E-state index contributed by atoms with van der Waals surface area (Å²) < 4.78 is 13.6. The van der Waals surface area contributed by atoms with Crippen LogP contribution in [0.4, 0.5) is 10.1 Å². The highest BCUT2D eigenvalue weighted by Crippen LogP contribution is 2.21. The third-order valence-corrected chi connectivity index (χ3v) is 2.80. The summed E-state index contributed by atoms with van der Waals surface area (Å²) in [4.78, 5) is 15.6. The molecular formula is C12H7Cl2FN2O. The fourth-order valence-electron chi connectivity index (χ4n) is 1.35. The minimum Gasteiger partial charge on any atom is -0.319 e. The van der Waals surface area contributed by atoms with Gasteiger partial charge < -0.3 is 5.32 Å². The average molecular weight is 285 g/mol. The summed E-state index contributed by atoms with van der Waals surface area (Å²) in [5.41, 5.74) is 0.158. The molecule has 0 aliphatic rings. The first-order valence-electron chi connectivity index (χ1n) is 4.95. The zero-order valence-electron chi connectivity index (χ0n) is 8.95. The molecule has 92 valence electrons. The Morgan fingerprint density at radius 3 is 2.72 bits per heavy atom. The number of benzene rings is 1. The van der Waals surface area contributed by atoms with Crippen LogP contribution >= 0.6 is 23.2 Å². The maximum Gasteiger partial charge on any atom is 0.258 e. The number of amides is 1. The second-order valence-electron chi connectivity index (χ2n) is 3.40. The van der Waals surface area contributed by atoms with Crippen molar-refractivity contribution in [3.63, 3.8) is 0 Å². The van der Waals surface area contributed by atoms with E-state index in [0.717, 1.165) is 0 Å². The van der Waals surface area contributed by atoms with Gasteiger partial charge in [-0.05, 0) is 24.3 Å². The van der Waals surface area contributed by atoms with Gasteiger partial charge in [0.15, 0.2) is 11.0 Å². The summed E-state index contributed by atoms with van der Waals surface area (Å²) in [6.07, 6.45) is 1.48. The first kappa shape index (κ1) is 12.8. The van der Waals surface area contributed by atoms with Crippen LogP contribution in [-0.4, -0.2) is 10.9 Å². The summed E-state index contributed by atoms with van der Waals surface area (Å²) in [5.74, 6) is -1.40. The van der Waals surface area contributed by atoms with Crippen molar-refractivity contribution in [2.24, 2.45) is 0 Å². The molecular weight excluding hydrogens is 278 g/mol. The summed E-state index contributed by atoms with van der Waals surface area (Å²) in [6, 6.07) is 7.36. The van der Waals surface area contributed by atoms with Crippen LogP contribution in [0.25, 0.3) is 0 Å². The van der Waals surface area contributed by atoms with Crippen LogP contribution in [-0.2, 0) is 0 Å². The van der Waals surface area contributed by atoms with Crippen molar-refractivity contribution in [1.29, 1.82) is 0 Å². The van der Waals surface area contributed by atoms with Crippen molar-refractivity contribution >= 4 is 34.8 Å². The second kappa shape index (κ2) is 5.33. The molecule has 1 amide bonds. The lowest BCUT2D eigenvalue weighted by Gasteiger charge is -2.07. The lowest BCUT2D eigenvalue weighted by Crippen LogP contribution is -2.14. The van der Waals surface area contributed by atoms with Crippen molar-refractivity contribution in [3.05, 3.63) is 58.1 Å². The highest BCUT2D eigenvalue weighted by molar-refractivity contribution is 6.33. The molecule has 0 bridgehead atoms. The maximum absolute atomic E-state index is 13.6. The Hall–Kier alpha value is -1.65. The molecule has 6 heteroatoms. The molecule has 2 rings (SSSR count). The van der Waals surface area contributed by atoms with Crippen molar-refractivity contribution in [2.75, 3.05) is 5.32 Å². The lowest BCUT2D eigenvalue weighted by atomic mass is 10.2. The summed E-state index contributed by atoms with van der Waals surface area (Å²) in [6.45, 7) is 0. The number of carbonyl (C=O) groups is 1. The van der Waals surface area contributed by atoms with Gasteiger partial charge in [0.25, 0.3) is 5.91 Å². The first-order valence-corrected chi connectivity index (χ1v) is 5.71. The number of carbonyl (C=O) groups excluding carboxylic acids is 1. The third-order valence-electron chi connectivity index (χ3n) is 2.20. The number of halogens is 3. The van der Waals surface area contributed by atoms with E-state index in [1.165, 1.54) is 24.4 Å². The molecule has 1 aromatic heterocycles. The van der Waals surface area contributed by atoms with Crippen LogP contribution in [0.15, 0.2) is 36.5 Å². The number of nitrogens with one attached hydrogen (secondary N) is 1. The second-order valence-corrected chi connectivity index (χ2v) is 4.16. The van der Waals surface area contributed by atoms with Gasteiger partial charge in [-0.25, -0.2) is 9.37 Å². The highest BCUT2D eigenvalue weighted by atomic mass is 35.5. The molecule has 0 unspecified atom stereocenters. The number of hydrogen-bond donors (Lipinski definition) is 1. The SMILES string of the molecule is O=C(Nc1cccnc1Cl)c1cccc(Cl)c1F. The zero-order valence-corrected chi connectivity index (χ0v) is 10.5. The van der Waals surface area contributed by atoms with Crippen LogP contribution in [0, 0.1) is 5.82 Å². The molecule has 1 heterocycles. The van der Waals surface area contributed by atoms with E-state index in [4.69, 9.17) is 23.2 Å². The molecule has 0 radical (unpaired) electrons. The van der Waals surface area contributed by atoms with Gasteiger partial charge in [0, 0.05) is 6.20 Å². The van der Waals surface area contributed by atoms with Gasteiger partial charge in [0.1, 0.15) is 0 Å². The normalized spacial score (nSPS) is 10.2. The molecule has 1 N–H and O–H groups in total. The molecule has 0 saturated carbocycles. The topological polar surface area (TPSA) is 42.0 Å². The van der Waals surface area contributed by atoms with Crippen molar-refractivity contribution in [1.82, 2.24) is 4.98 Å². The van der Waals surface area contributed by atoms with E-state index in [-0.39, 0.29) is 15.7 Å². The zero-order chi connectivity index (χ0) is 13.1. The van der Waals surface area contributed by atoms with Gasteiger partial charge >= 0.3 is 0 Å². The van der Waals surface area contributed by atoms with Crippen LogP contribution in [0.3, 0.4) is 0 Å². The lowest BCUT2D eigenvalue weighted by molar-refractivity contribution is 0.102. The van der Waals surface area contributed by atoms with E-state index >= 15 is 0 Å². The fraction of sp³-hybridized carbons (Fsp3) is 0. The largest absolute Gasteiger partial charge is 0.319 e. The summed E-state index contributed by atoms with van der Waals surface area (Å²) >= 11 is 11.4. The maximum atomic E-state index is 13.6. The van der Waals surface area contributed by atoms with Gasteiger partial charge in [0.2, 0.25) is 0 Å². The number of nitrogens with zero attached hydrogens (tertiary/aromatic N) is 1. The standard InChI is InChI=1S/C12H7Cl2FN2O/c13-8-4-1-3-7(10(8)15)12(18)17-9-5-2-6-16-11(9)14/h1-6H,(H,17,18). The van der Waals surface area contributed by atoms with Crippen molar-refractivity contribution in [3.8, 4) is 0 Å². The molecule has 3 nitrogen and oxygen atoms in total. The predicted molar refractivity (Wildman–Crippen MR) is 68.6 cm³/mol. The number of rotatable bonds is 2. The molecule has 0 saturated heterocycles. The minimum atomic E-state index is -0.767. The van der Waals surface area contributed by atoms with E-state index in [2.05, 4.69) is 10.3 Å². The van der Waals surface area contributed by atoms with E-state index in [9.17, 15) is 9.18 Å². The molecule has 0 atom stereocenters. The van der Waals surface area contributed by atoms with Crippen molar-refractivity contribution in [2.45, 2.75) is 0 Å². The molecule has 0 spiro atoms. The molecule has 18 heavy (non-hydrogen) atoms. The molecule has 2 aromatic rings. The first-order chi connectivity index (χ1) is 8.59. The molecule has 0 aliphatic carbocycles. The highest BCUT2D eigenvalue weighted by Gasteiger charge is 2.15. The van der Waals surface area contributed by atoms with Crippen molar-refractivity contribution < 1.29 is 9.18 Å². The van der Waals surface area contributed by atoms with Gasteiger partial charge in [-0.2, -0.15) is 0 Å². The number of hydrogen-bond acceptors (Lipinski definition) is 2. The molecule has 0 aliphatic heterocycles. The number of aromatic nitrogens is 1. The Labute approximate surface area is 113 Å². The Morgan fingerprint density at radius 1 is 1.22 bits per heavy atom. The van der Waals surface area contributed by atoms with Crippen LogP contribution in [0.2, 0.25) is 10.2 Å². The van der Waals surface area contributed by atoms with Crippen LogP contribution < -0.4 is 5.32 Å². The Bertz CT molecular complexity index is 604.